The van der Waals surface area contributed by atoms with Gasteiger partial charge in [0.1, 0.15) is 11.3 Å². The van der Waals surface area contributed by atoms with E-state index >= 15 is 0 Å². The van der Waals surface area contributed by atoms with Gasteiger partial charge in [0.15, 0.2) is 11.6 Å². The highest BCUT2D eigenvalue weighted by molar-refractivity contribution is 5.98. The first kappa shape index (κ1) is 20.1. The van der Waals surface area contributed by atoms with Crippen LogP contribution in [0.5, 0.6) is 5.75 Å². The van der Waals surface area contributed by atoms with Gasteiger partial charge in [-0.15, -0.1) is 0 Å². The Bertz CT molecular complexity index is 1150. The zero-order valence-corrected chi connectivity index (χ0v) is 16.7. The molecule has 8 heteroatoms. The molecule has 0 unspecified atom stereocenters. The quantitative estimate of drug-likeness (QED) is 0.633. The van der Waals surface area contributed by atoms with Crippen molar-refractivity contribution in [2.24, 2.45) is 0 Å². The number of ether oxygens (including phenoxy) is 1. The molecule has 1 N–H and O–H groups in total. The Kier molecular flexibility index (Phi) is 5.32. The number of benzene rings is 1. The van der Waals surface area contributed by atoms with Gasteiger partial charge in [-0.1, -0.05) is 0 Å². The topological polar surface area (TPSA) is 73.5 Å². The molecule has 3 aromatic rings. The van der Waals surface area contributed by atoms with E-state index < -0.39 is 23.0 Å². The molecule has 0 saturated heterocycles. The van der Waals surface area contributed by atoms with Crippen molar-refractivity contribution in [1.29, 1.82) is 0 Å². The van der Waals surface area contributed by atoms with Crippen molar-refractivity contribution in [3.8, 4) is 5.75 Å². The Morgan fingerprint density at radius 1 is 1.40 bits per heavy atom. The third-order valence-corrected chi connectivity index (χ3v) is 5.34. The summed E-state index contributed by atoms with van der Waals surface area (Å²) in [5.41, 5.74) is -0.589. The van der Waals surface area contributed by atoms with Crippen LogP contribution >= 0.6 is 0 Å². The van der Waals surface area contributed by atoms with Gasteiger partial charge in [0.05, 0.1) is 24.3 Å². The molecule has 0 radical (unpaired) electrons. The van der Waals surface area contributed by atoms with Crippen LogP contribution in [-0.4, -0.2) is 23.6 Å². The van der Waals surface area contributed by atoms with Crippen LogP contribution in [0.2, 0.25) is 0 Å². The smallest absolute Gasteiger partial charge is 0.256 e. The summed E-state index contributed by atoms with van der Waals surface area (Å²) in [4.78, 5) is 25.8. The number of methoxy groups -OCH3 is 1. The molecule has 1 atom stereocenters. The molecule has 2 heterocycles. The predicted octanol–water partition coefficient (Wildman–Crippen LogP) is 3.97. The maximum atomic E-state index is 14.3. The second-order valence-corrected chi connectivity index (χ2v) is 7.60. The van der Waals surface area contributed by atoms with E-state index in [4.69, 9.17) is 9.15 Å². The van der Waals surface area contributed by atoms with Gasteiger partial charge >= 0.3 is 0 Å². The number of rotatable bonds is 7. The maximum Gasteiger partial charge on any atom is 0.256 e. The molecule has 1 saturated carbocycles. The predicted molar refractivity (Wildman–Crippen MR) is 107 cm³/mol. The highest BCUT2D eigenvalue weighted by atomic mass is 19.2. The van der Waals surface area contributed by atoms with Crippen molar-refractivity contribution in [3.63, 3.8) is 0 Å². The summed E-state index contributed by atoms with van der Waals surface area (Å²) in [5.74, 6) is -2.41. The zero-order chi connectivity index (χ0) is 21.4. The van der Waals surface area contributed by atoms with Gasteiger partial charge in [0, 0.05) is 24.7 Å². The SMILES string of the molecule is COc1c(F)c(F)cc2c(=O)c(C(=O)N[C@H](C)CCc3ccco3)cn(C3CC3)c12. The number of pyridine rings is 1. The van der Waals surface area contributed by atoms with E-state index in [0.717, 1.165) is 24.7 Å². The third-order valence-electron chi connectivity index (χ3n) is 5.34. The number of amides is 1. The number of carbonyl (C=O) groups excluding carboxylic acids is 1. The van der Waals surface area contributed by atoms with E-state index in [9.17, 15) is 18.4 Å². The fourth-order valence-electron chi connectivity index (χ4n) is 3.61. The first-order valence-electron chi connectivity index (χ1n) is 9.84. The number of hydrogen-bond acceptors (Lipinski definition) is 4. The molecule has 1 aliphatic rings. The summed E-state index contributed by atoms with van der Waals surface area (Å²) < 4.78 is 40.3. The van der Waals surface area contributed by atoms with Crippen molar-refractivity contribution in [3.05, 3.63) is 63.8 Å². The minimum absolute atomic E-state index is 0.00906. The normalized spacial score (nSPS) is 14.7. The Hall–Kier alpha value is -3.16. The molecule has 2 aromatic heterocycles. The number of nitrogens with one attached hydrogen (secondary N) is 1. The minimum atomic E-state index is -1.19. The summed E-state index contributed by atoms with van der Waals surface area (Å²) in [7, 11) is 1.22. The number of hydrogen-bond donors (Lipinski definition) is 1. The summed E-state index contributed by atoms with van der Waals surface area (Å²) in [5, 5.41) is 2.74. The number of fused-ring (bicyclic) bond motifs is 1. The molecule has 0 aliphatic heterocycles. The van der Waals surface area contributed by atoms with Crippen LogP contribution in [0.1, 0.15) is 48.3 Å². The summed E-state index contributed by atoms with van der Waals surface area (Å²) in [6.45, 7) is 1.83. The standard InChI is InChI=1S/C22H22F2N2O4/c1-12(5-8-14-4-3-9-30-14)25-22(28)16-11-26(13-6-7-13)19-15(20(16)27)10-17(23)18(24)21(19)29-2/h3-4,9-13H,5-8H2,1-2H3,(H,25,28)/t12-/m1/s1. The second kappa shape index (κ2) is 7.93. The Morgan fingerprint density at radius 3 is 2.80 bits per heavy atom. The van der Waals surface area contributed by atoms with Gasteiger partial charge in [0.2, 0.25) is 11.2 Å². The number of furan rings is 1. The van der Waals surface area contributed by atoms with Crippen LogP contribution in [0, 0.1) is 11.6 Å². The van der Waals surface area contributed by atoms with Crippen LogP contribution < -0.4 is 15.5 Å². The molecule has 0 bridgehead atoms. The van der Waals surface area contributed by atoms with Crippen molar-refractivity contribution < 1.29 is 22.7 Å². The van der Waals surface area contributed by atoms with Crippen molar-refractivity contribution in [1.82, 2.24) is 9.88 Å². The lowest BCUT2D eigenvalue weighted by Crippen LogP contribution is -2.36. The van der Waals surface area contributed by atoms with Gasteiger partial charge < -0.3 is 19.0 Å². The summed E-state index contributed by atoms with van der Waals surface area (Å²) in [6.07, 6.45) is 5.92. The maximum absolute atomic E-state index is 14.3. The molecule has 1 fully saturated rings. The monoisotopic (exact) mass is 416 g/mol. The van der Waals surface area contributed by atoms with Gasteiger partial charge in [0.25, 0.3) is 5.91 Å². The zero-order valence-electron chi connectivity index (χ0n) is 16.7. The van der Waals surface area contributed by atoms with Crippen LogP contribution in [0.4, 0.5) is 8.78 Å². The van der Waals surface area contributed by atoms with Crippen molar-refractivity contribution in [2.45, 2.75) is 44.7 Å². The Balaban J connectivity index is 1.69. The number of nitrogens with zero attached hydrogens (tertiary/aromatic N) is 1. The Labute approximate surface area is 171 Å². The fourth-order valence-corrected chi connectivity index (χ4v) is 3.61. The van der Waals surface area contributed by atoms with E-state index in [2.05, 4.69) is 5.32 Å². The molecule has 1 aliphatic carbocycles. The van der Waals surface area contributed by atoms with E-state index in [1.54, 1.807) is 16.9 Å². The van der Waals surface area contributed by atoms with Gasteiger partial charge in [-0.2, -0.15) is 4.39 Å². The molecule has 0 spiro atoms. The number of carbonyl (C=O) groups is 1. The molecular formula is C22H22F2N2O4. The van der Waals surface area contributed by atoms with E-state index in [1.807, 2.05) is 13.0 Å². The molecule has 6 nitrogen and oxygen atoms in total. The molecule has 1 amide bonds. The highest BCUT2D eigenvalue weighted by Gasteiger charge is 2.30. The van der Waals surface area contributed by atoms with Gasteiger partial charge in [-0.3, -0.25) is 9.59 Å². The number of halogens is 2. The third kappa shape index (κ3) is 3.69. The lowest BCUT2D eigenvalue weighted by molar-refractivity contribution is 0.0936. The molecular weight excluding hydrogens is 394 g/mol. The van der Waals surface area contributed by atoms with E-state index in [1.165, 1.54) is 13.3 Å². The Morgan fingerprint density at radius 2 is 2.17 bits per heavy atom. The lowest BCUT2D eigenvalue weighted by Gasteiger charge is -2.17. The van der Waals surface area contributed by atoms with E-state index in [-0.39, 0.29) is 34.3 Å². The molecule has 1 aromatic carbocycles. The van der Waals surface area contributed by atoms with Crippen LogP contribution in [0.15, 0.2) is 39.9 Å². The van der Waals surface area contributed by atoms with Crippen LogP contribution in [0.25, 0.3) is 10.9 Å². The van der Waals surface area contributed by atoms with E-state index in [0.29, 0.717) is 12.8 Å². The summed E-state index contributed by atoms with van der Waals surface area (Å²) in [6, 6.07) is 4.28. The first-order chi connectivity index (χ1) is 14.4. The van der Waals surface area contributed by atoms with Gasteiger partial charge in [-0.25, -0.2) is 4.39 Å². The average molecular weight is 416 g/mol. The summed E-state index contributed by atoms with van der Waals surface area (Å²) >= 11 is 0. The lowest BCUT2D eigenvalue weighted by atomic mass is 10.1. The van der Waals surface area contributed by atoms with Crippen LogP contribution in [-0.2, 0) is 6.42 Å². The number of aromatic nitrogens is 1. The molecule has 158 valence electrons. The van der Waals surface area contributed by atoms with Gasteiger partial charge in [-0.05, 0) is 44.4 Å². The van der Waals surface area contributed by atoms with Crippen LogP contribution in [0.3, 0.4) is 0 Å². The molecule has 4 rings (SSSR count). The first-order valence-corrected chi connectivity index (χ1v) is 9.84. The van der Waals surface area contributed by atoms with Crippen molar-refractivity contribution >= 4 is 16.8 Å². The van der Waals surface area contributed by atoms with Crippen molar-refractivity contribution in [2.75, 3.05) is 7.11 Å². The highest BCUT2D eigenvalue weighted by Crippen LogP contribution is 2.40. The minimum Gasteiger partial charge on any atom is -0.491 e. The second-order valence-electron chi connectivity index (χ2n) is 7.60. The fraction of sp³-hybridized carbons (Fsp3) is 0.364. The molecule has 30 heavy (non-hydrogen) atoms. The largest absolute Gasteiger partial charge is 0.491 e. The average Bonchev–Trinajstić information content (AvgIpc) is 3.43. The number of aryl methyl sites for hydroxylation is 1.